The van der Waals surface area contributed by atoms with E-state index in [1.807, 2.05) is 0 Å². The van der Waals surface area contributed by atoms with Crippen molar-refractivity contribution in [2.24, 2.45) is 5.73 Å². The van der Waals surface area contributed by atoms with Crippen LogP contribution in [-0.2, 0) is 0 Å². The number of nitrogens with one attached hydrogen (secondary N) is 1. The Balaban J connectivity index is 2.82. The van der Waals surface area contributed by atoms with Crippen LogP contribution in [0.15, 0.2) is 0 Å². The molecule has 1 unspecified atom stereocenters. The van der Waals surface area contributed by atoms with Gasteiger partial charge >= 0.3 is 0 Å². The fourth-order valence-electron chi connectivity index (χ4n) is 1.19. The highest BCUT2D eigenvalue weighted by molar-refractivity contribution is 4.54. The molecular weight excluding hydrogens is 148 g/mol. The van der Waals surface area contributed by atoms with Gasteiger partial charge in [0.15, 0.2) is 0 Å². The quantitative estimate of drug-likeness (QED) is 0.549. The molecule has 0 aromatic carbocycles. The third-order valence-electron chi connectivity index (χ3n) is 1.94. The van der Waals surface area contributed by atoms with Crippen molar-refractivity contribution in [3.63, 3.8) is 0 Å². The standard InChI is InChI=1S/C10H24N2/c1-3-8-12-9-6-4-5-7-10(2)11/h10,12H,3-9,11H2,1-2H3. The molecule has 0 radical (unpaired) electrons. The summed E-state index contributed by atoms with van der Waals surface area (Å²) in [5.41, 5.74) is 5.64. The Labute approximate surface area is 76.9 Å². The van der Waals surface area contributed by atoms with Crippen molar-refractivity contribution in [3.05, 3.63) is 0 Å². The van der Waals surface area contributed by atoms with E-state index in [0.717, 1.165) is 6.54 Å². The third-order valence-corrected chi connectivity index (χ3v) is 1.94. The monoisotopic (exact) mass is 172 g/mol. The van der Waals surface area contributed by atoms with E-state index in [1.54, 1.807) is 0 Å². The Hall–Kier alpha value is -0.0800. The SMILES string of the molecule is CCCNCCCCCC(C)N. The number of rotatable bonds is 8. The lowest BCUT2D eigenvalue weighted by atomic mass is 10.1. The van der Waals surface area contributed by atoms with E-state index in [-0.39, 0.29) is 0 Å². The molecule has 0 saturated heterocycles. The molecule has 2 nitrogen and oxygen atoms in total. The molecule has 2 heteroatoms. The molecule has 0 amide bonds. The van der Waals surface area contributed by atoms with Gasteiger partial charge in [0.2, 0.25) is 0 Å². The maximum atomic E-state index is 5.64. The normalized spacial score (nSPS) is 13.2. The van der Waals surface area contributed by atoms with Crippen molar-refractivity contribution < 1.29 is 0 Å². The molecule has 12 heavy (non-hydrogen) atoms. The fraction of sp³-hybridized carbons (Fsp3) is 1.00. The summed E-state index contributed by atoms with van der Waals surface area (Å²) in [5.74, 6) is 0. The van der Waals surface area contributed by atoms with Crippen LogP contribution in [0.4, 0.5) is 0 Å². The zero-order valence-corrected chi connectivity index (χ0v) is 8.60. The van der Waals surface area contributed by atoms with Crippen molar-refractivity contribution in [1.29, 1.82) is 0 Å². The molecule has 3 N–H and O–H groups in total. The highest BCUT2D eigenvalue weighted by Crippen LogP contribution is 2.00. The Morgan fingerprint density at radius 3 is 2.50 bits per heavy atom. The number of hydrogen-bond donors (Lipinski definition) is 2. The molecule has 74 valence electrons. The lowest BCUT2D eigenvalue weighted by Gasteiger charge is -2.04. The zero-order chi connectivity index (χ0) is 9.23. The van der Waals surface area contributed by atoms with Gasteiger partial charge in [0, 0.05) is 6.04 Å². The minimum Gasteiger partial charge on any atom is -0.328 e. The lowest BCUT2D eigenvalue weighted by Crippen LogP contribution is -2.16. The van der Waals surface area contributed by atoms with Crippen LogP contribution >= 0.6 is 0 Å². The molecule has 0 aliphatic carbocycles. The first-order chi connectivity index (χ1) is 5.77. The summed E-state index contributed by atoms with van der Waals surface area (Å²) in [5, 5.41) is 3.39. The molecule has 0 bridgehead atoms. The largest absolute Gasteiger partial charge is 0.328 e. The van der Waals surface area contributed by atoms with Crippen molar-refractivity contribution >= 4 is 0 Å². The van der Waals surface area contributed by atoms with Gasteiger partial charge in [-0.05, 0) is 39.3 Å². The number of hydrogen-bond acceptors (Lipinski definition) is 2. The summed E-state index contributed by atoms with van der Waals surface area (Å²) in [6.45, 7) is 6.61. The van der Waals surface area contributed by atoms with E-state index in [1.165, 1.54) is 38.6 Å². The Morgan fingerprint density at radius 2 is 1.92 bits per heavy atom. The summed E-state index contributed by atoms with van der Waals surface area (Å²) in [4.78, 5) is 0. The van der Waals surface area contributed by atoms with Gasteiger partial charge in [-0.3, -0.25) is 0 Å². The molecule has 0 saturated carbocycles. The van der Waals surface area contributed by atoms with E-state index in [9.17, 15) is 0 Å². The first-order valence-electron chi connectivity index (χ1n) is 5.23. The van der Waals surface area contributed by atoms with E-state index < -0.39 is 0 Å². The van der Waals surface area contributed by atoms with Gasteiger partial charge in [0.05, 0.1) is 0 Å². The van der Waals surface area contributed by atoms with Crippen LogP contribution in [0.25, 0.3) is 0 Å². The van der Waals surface area contributed by atoms with Crippen LogP contribution in [0.1, 0.15) is 46.0 Å². The van der Waals surface area contributed by atoms with Gasteiger partial charge in [-0.15, -0.1) is 0 Å². The van der Waals surface area contributed by atoms with Gasteiger partial charge in [0.25, 0.3) is 0 Å². The highest BCUT2D eigenvalue weighted by Gasteiger charge is 1.93. The second-order valence-corrected chi connectivity index (χ2v) is 3.58. The van der Waals surface area contributed by atoms with Gasteiger partial charge in [-0.1, -0.05) is 19.8 Å². The Morgan fingerprint density at radius 1 is 1.17 bits per heavy atom. The second-order valence-electron chi connectivity index (χ2n) is 3.58. The minimum absolute atomic E-state index is 0.383. The Bertz CT molecular complexity index is 81.9. The van der Waals surface area contributed by atoms with Crippen LogP contribution in [0.5, 0.6) is 0 Å². The summed E-state index contributed by atoms with van der Waals surface area (Å²) in [7, 11) is 0. The maximum Gasteiger partial charge on any atom is 0.00104 e. The van der Waals surface area contributed by atoms with Crippen LogP contribution < -0.4 is 11.1 Å². The van der Waals surface area contributed by atoms with Crippen molar-refractivity contribution in [2.75, 3.05) is 13.1 Å². The lowest BCUT2D eigenvalue weighted by molar-refractivity contribution is 0.554. The topological polar surface area (TPSA) is 38.0 Å². The van der Waals surface area contributed by atoms with Crippen LogP contribution in [0.2, 0.25) is 0 Å². The fourth-order valence-corrected chi connectivity index (χ4v) is 1.19. The molecule has 1 atom stereocenters. The van der Waals surface area contributed by atoms with Gasteiger partial charge in [-0.2, -0.15) is 0 Å². The molecule has 0 rings (SSSR count). The predicted molar refractivity (Wildman–Crippen MR) is 55.3 cm³/mol. The zero-order valence-electron chi connectivity index (χ0n) is 8.60. The summed E-state index contributed by atoms with van der Waals surface area (Å²) < 4.78 is 0. The summed E-state index contributed by atoms with van der Waals surface area (Å²) >= 11 is 0. The van der Waals surface area contributed by atoms with Gasteiger partial charge in [0.1, 0.15) is 0 Å². The maximum absolute atomic E-state index is 5.64. The number of nitrogens with two attached hydrogens (primary N) is 1. The average molecular weight is 172 g/mol. The van der Waals surface area contributed by atoms with E-state index in [0.29, 0.717) is 6.04 Å². The third kappa shape index (κ3) is 9.92. The van der Waals surface area contributed by atoms with Gasteiger partial charge < -0.3 is 11.1 Å². The second kappa shape index (κ2) is 9.01. The minimum atomic E-state index is 0.383. The predicted octanol–water partition coefficient (Wildman–Crippen LogP) is 1.89. The van der Waals surface area contributed by atoms with E-state index in [4.69, 9.17) is 5.73 Å². The Kier molecular flexibility index (Phi) is 8.95. The van der Waals surface area contributed by atoms with Crippen LogP contribution in [0, 0.1) is 0 Å². The molecular formula is C10H24N2. The smallest absolute Gasteiger partial charge is 0.00104 e. The van der Waals surface area contributed by atoms with Crippen molar-refractivity contribution in [2.45, 2.75) is 52.0 Å². The molecule has 0 aliphatic heterocycles. The molecule has 0 spiro atoms. The van der Waals surface area contributed by atoms with E-state index in [2.05, 4.69) is 19.2 Å². The van der Waals surface area contributed by atoms with Crippen LogP contribution in [0.3, 0.4) is 0 Å². The first-order valence-corrected chi connectivity index (χ1v) is 5.23. The first kappa shape index (κ1) is 11.9. The molecule has 0 heterocycles. The summed E-state index contributed by atoms with van der Waals surface area (Å²) in [6.07, 6.45) is 6.31. The molecule has 0 aromatic rings. The molecule has 0 aromatic heterocycles. The summed E-state index contributed by atoms with van der Waals surface area (Å²) in [6, 6.07) is 0.383. The van der Waals surface area contributed by atoms with Crippen molar-refractivity contribution in [3.8, 4) is 0 Å². The van der Waals surface area contributed by atoms with Crippen LogP contribution in [-0.4, -0.2) is 19.1 Å². The molecule has 0 aliphatic rings. The highest BCUT2D eigenvalue weighted by atomic mass is 14.8. The molecule has 0 fully saturated rings. The number of unbranched alkanes of at least 4 members (excludes halogenated alkanes) is 2. The van der Waals surface area contributed by atoms with E-state index >= 15 is 0 Å². The van der Waals surface area contributed by atoms with Gasteiger partial charge in [-0.25, -0.2) is 0 Å². The van der Waals surface area contributed by atoms with Crippen molar-refractivity contribution in [1.82, 2.24) is 5.32 Å². The average Bonchev–Trinajstić information content (AvgIpc) is 2.02.